The van der Waals surface area contributed by atoms with Gasteiger partial charge in [0.25, 0.3) is 0 Å². The van der Waals surface area contributed by atoms with Gasteiger partial charge in [-0.25, -0.2) is 0 Å². The molecule has 0 amide bonds. The molecule has 0 unspecified atom stereocenters. The van der Waals surface area contributed by atoms with Crippen LogP contribution in [0.15, 0.2) is 18.3 Å². The van der Waals surface area contributed by atoms with Crippen LogP contribution in [0.3, 0.4) is 0 Å². The fraction of sp³-hybridized carbons (Fsp3) is 0.545. The van der Waals surface area contributed by atoms with E-state index < -0.39 is 0 Å². The van der Waals surface area contributed by atoms with Gasteiger partial charge in [-0.05, 0) is 17.5 Å². The first-order valence-corrected chi connectivity index (χ1v) is 4.95. The van der Waals surface area contributed by atoms with E-state index in [4.69, 9.17) is 10.5 Å². The molecule has 0 bridgehead atoms. The van der Waals surface area contributed by atoms with Gasteiger partial charge in [0, 0.05) is 6.20 Å². The molecule has 0 spiro atoms. The summed E-state index contributed by atoms with van der Waals surface area (Å²) >= 11 is 0. The maximum Gasteiger partial charge on any atom is 0.106 e. The second kappa shape index (κ2) is 3.33. The molecule has 1 aromatic heterocycles. The highest BCUT2D eigenvalue weighted by atomic mass is 16.5. The summed E-state index contributed by atoms with van der Waals surface area (Å²) in [6.07, 6.45) is 1.91. The molecule has 0 saturated carbocycles. The highest BCUT2D eigenvalue weighted by Gasteiger charge is 2.37. The van der Waals surface area contributed by atoms with Gasteiger partial charge in [-0.2, -0.15) is 0 Å². The molecule has 3 nitrogen and oxygen atoms in total. The minimum Gasteiger partial charge on any atom is -0.377 e. The SMILES string of the molecule is CC(C)c1ccc(C2(N)COC2)nc1. The number of rotatable bonds is 2. The van der Waals surface area contributed by atoms with Crippen LogP contribution in [0.5, 0.6) is 0 Å². The summed E-state index contributed by atoms with van der Waals surface area (Å²) in [5.74, 6) is 0.517. The van der Waals surface area contributed by atoms with Gasteiger partial charge < -0.3 is 10.5 Å². The Bertz CT molecular complexity index is 315. The lowest BCUT2D eigenvalue weighted by atomic mass is 9.93. The van der Waals surface area contributed by atoms with Crippen molar-refractivity contribution in [3.8, 4) is 0 Å². The minimum absolute atomic E-state index is 0.338. The molecule has 1 aliphatic rings. The first-order valence-electron chi connectivity index (χ1n) is 4.95. The van der Waals surface area contributed by atoms with Crippen molar-refractivity contribution in [1.29, 1.82) is 0 Å². The van der Waals surface area contributed by atoms with Crippen molar-refractivity contribution in [2.45, 2.75) is 25.3 Å². The molecular weight excluding hydrogens is 176 g/mol. The first-order chi connectivity index (χ1) is 6.62. The maximum atomic E-state index is 6.06. The van der Waals surface area contributed by atoms with Gasteiger partial charge in [-0.1, -0.05) is 19.9 Å². The number of ether oxygens (including phenoxy) is 1. The van der Waals surface area contributed by atoms with Crippen LogP contribution in [0.25, 0.3) is 0 Å². The Kier molecular flexibility index (Phi) is 2.29. The maximum absolute atomic E-state index is 6.06. The van der Waals surface area contributed by atoms with Crippen molar-refractivity contribution < 1.29 is 4.74 Å². The number of hydrogen-bond donors (Lipinski definition) is 1. The van der Waals surface area contributed by atoms with Crippen molar-refractivity contribution in [1.82, 2.24) is 4.98 Å². The lowest BCUT2D eigenvalue weighted by molar-refractivity contribution is -0.0590. The highest BCUT2D eigenvalue weighted by Crippen LogP contribution is 2.25. The minimum atomic E-state index is -0.338. The average Bonchev–Trinajstić information content (AvgIpc) is 2.14. The average molecular weight is 192 g/mol. The van der Waals surface area contributed by atoms with E-state index in [1.165, 1.54) is 5.56 Å². The normalized spacial score (nSPS) is 19.4. The van der Waals surface area contributed by atoms with Crippen LogP contribution >= 0.6 is 0 Å². The van der Waals surface area contributed by atoms with E-state index in [1.807, 2.05) is 12.3 Å². The second-order valence-electron chi connectivity index (χ2n) is 4.28. The van der Waals surface area contributed by atoms with Gasteiger partial charge in [-0.3, -0.25) is 4.98 Å². The van der Waals surface area contributed by atoms with E-state index in [9.17, 15) is 0 Å². The smallest absolute Gasteiger partial charge is 0.106 e. The predicted octanol–water partition coefficient (Wildman–Crippen LogP) is 1.39. The number of nitrogens with two attached hydrogens (primary N) is 1. The summed E-state index contributed by atoms with van der Waals surface area (Å²) in [6.45, 7) is 5.48. The summed E-state index contributed by atoms with van der Waals surface area (Å²) in [5, 5.41) is 0. The zero-order valence-electron chi connectivity index (χ0n) is 8.66. The molecule has 14 heavy (non-hydrogen) atoms. The Balaban J connectivity index is 2.21. The first kappa shape index (κ1) is 9.62. The largest absolute Gasteiger partial charge is 0.377 e. The van der Waals surface area contributed by atoms with Crippen molar-refractivity contribution in [2.75, 3.05) is 13.2 Å². The molecule has 2 rings (SSSR count). The van der Waals surface area contributed by atoms with Crippen LogP contribution in [0.1, 0.15) is 31.0 Å². The summed E-state index contributed by atoms with van der Waals surface area (Å²) in [4.78, 5) is 4.39. The summed E-state index contributed by atoms with van der Waals surface area (Å²) in [7, 11) is 0. The number of nitrogens with zero attached hydrogens (tertiary/aromatic N) is 1. The Morgan fingerprint density at radius 2 is 2.14 bits per heavy atom. The van der Waals surface area contributed by atoms with Crippen molar-refractivity contribution in [3.05, 3.63) is 29.6 Å². The molecule has 1 saturated heterocycles. The topological polar surface area (TPSA) is 48.1 Å². The van der Waals surface area contributed by atoms with E-state index in [-0.39, 0.29) is 5.54 Å². The van der Waals surface area contributed by atoms with Gasteiger partial charge >= 0.3 is 0 Å². The Hall–Kier alpha value is -0.930. The Morgan fingerprint density at radius 3 is 2.50 bits per heavy atom. The predicted molar refractivity (Wildman–Crippen MR) is 55.0 cm³/mol. The molecule has 3 heteroatoms. The van der Waals surface area contributed by atoms with Gasteiger partial charge in [0.05, 0.1) is 18.9 Å². The lowest BCUT2D eigenvalue weighted by Gasteiger charge is -2.37. The van der Waals surface area contributed by atoms with E-state index in [0.717, 1.165) is 5.69 Å². The van der Waals surface area contributed by atoms with Crippen LogP contribution < -0.4 is 5.73 Å². The van der Waals surface area contributed by atoms with Crippen LogP contribution in [0, 0.1) is 0 Å². The van der Waals surface area contributed by atoms with Crippen molar-refractivity contribution in [2.24, 2.45) is 5.73 Å². The standard InChI is InChI=1S/C11H16N2O/c1-8(2)9-3-4-10(13-5-9)11(12)6-14-7-11/h3-5,8H,6-7,12H2,1-2H3. The summed E-state index contributed by atoms with van der Waals surface area (Å²) < 4.78 is 5.10. The van der Waals surface area contributed by atoms with Crippen LogP contribution in [0.2, 0.25) is 0 Å². The van der Waals surface area contributed by atoms with E-state index in [2.05, 4.69) is 24.9 Å². The molecule has 2 heterocycles. The Labute approximate surface area is 84.3 Å². The summed E-state index contributed by atoms with van der Waals surface area (Å²) in [6, 6.07) is 4.11. The van der Waals surface area contributed by atoms with Crippen molar-refractivity contribution >= 4 is 0 Å². The zero-order chi connectivity index (χ0) is 10.2. The van der Waals surface area contributed by atoms with Crippen molar-refractivity contribution in [3.63, 3.8) is 0 Å². The van der Waals surface area contributed by atoms with Gasteiger partial charge in [0.15, 0.2) is 0 Å². The van der Waals surface area contributed by atoms with E-state index in [0.29, 0.717) is 19.1 Å². The van der Waals surface area contributed by atoms with Gasteiger partial charge in [0.2, 0.25) is 0 Å². The zero-order valence-corrected chi connectivity index (χ0v) is 8.66. The Morgan fingerprint density at radius 1 is 1.43 bits per heavy atom. The summed E-state index contributed by atoms with van der Waals surface area (Å²) in [5.41, 5.74) is 7.91. The molecule has 1 fully saturated rings. The fourth-order valence-electron chi connectivity index (χ4n) is 1.51. The van der Waals surface area contributed by atoms with Gasteiger partial charge in [-0.15, -0.1) is 0 Å². The number of pyridine rings is 1. The third kappa shape index (κ3) is 1.53. The molecule has 0 atom stereocenters. The molecule has 0 aliphatic carbocycles. The number of hydrogen-bond acceptors (Lipinski definition) is 3. The molecule has 0 radical (unpaired) electrons. The van der Waals surface area contributed by atoms with Crippen LogP contribution in [0.4, 0.5) is 0 Å². The van der Waals surface area contributed by atoms with E-state index >= 15 is 0 Å². The molecule has 0 aromatic carbocycles. The van der Waals surface area contributed by atoms with E-state index in [1.54, 1.807) is 0 Å². The third-order valence-electron chi connectivity index (χ3n) is 2.68. The molecule has 76 valence electrons. The molecule has 1 aromatic rings. The fourth-order valence-corrected chi connectivity index (χ4v) is 1.51. The third-order valence-corrected chi connectivity index (χ3v) is 2.68. The van der Waals surface area contributed by atoms with Gasteiger partial charge in [0.1, 0.15) is 5.54 Å². The molecule has 1 aliphatic heterocycles. The highest BCUT2D eigenvalue weighted by molar-refractivity contribution is 5.23. The lowest BCUT2D eigenvalue weighted by Crippen LogP contribution is -2.54. The molecule has 2 N–H and O–H groups in total. The molecular formula is C11H16N2O. The van der Waals surface area contributed by atoms with Crippen LogP contribution in [-0.4, -0.2) is 18.2 Å². The quantitative estimate of drug-likeness (QED) is 0.770. The second-order valence-corrected chi connectivity index (χ2v) is 4.28. The monoisotopic (exact) mass is 192 g/mol. The van der Waals surface area contributed by atoms with Crippen LogP contribution in [-0.2, 0) is 10.3 Å². The number of aromatic nitrogens is 1.